The number of nitrogens with one attached hydrogen (secondary N) is 2. The minimum absolute atomic E-state index is 0.00144. The molecule has 0 aliphatic carbocycles. The Labute approximate surface area is 181 Å². The van der Waals surface area contributed by atoms with Crippen molar-refractivity contribution in [1.82, 2.24) is 5.32 Å². The second-order valence-corrected chi connectivity index (χ2v) is 7.82. The fourth-order valence-corrected chi connectivity index (χ4v) is 3.60. The van der Waals surface area contributed by atoms with Crippen LogP contribution in [0.5, 0.6) is 0 Å². The average molecular weight is 451 g/mol. The second-order valence-electron chi connectivity index (χ2n) is 6.94. The molecule has 0 bridgehead atoms. The molecule has 1 atom stereocenters. The van der Waals surface area contributed by atoms with Crippen molar-refractivity contribution < 1.29 is 27.6 Å². The molecule has 1 unspecified atom stereocenters. The lowest BCUT2D eigenvalue weighted by atomic mass is 10.1. The Kier molecular flexibility index (Phi) is 6.89. The fraction of sp³-hybridized carbons (Fsp3) is 0.286. The van der Waals surface area contributed by atoms with Crippen LogP contribution in [0.15, 0.2) is 53.4 Å². The zero-order chi connectivity index (χ0) is 22.6. The van der Waals surface area contributed by atoms with Crippen LogP contribution in [0.4, 0.5) is 24.5 Å². The third-order valence-corrected chi connectivity index (χ3v) is 5.50. The minimum Gasteiger partial charge on any atom is -0.343 e. The number of nitrogens with zero attached hydrogens (tertiary/aromatic N) is 1. The van der Waals surface area contributed by atoms with Crippen LogP contribution in [0.1, 0.15) is 16.8 Å². The number of thioether (sulfide) groups is 1. The molecule has 0 radical (unpaired) electrons. The summed E-state index contributed by atoms with van der Waals surface area (Å²) in [6.07, 6.45) is -2.61. The van der Waals surface area contributed by atoms with Gasteiger partial charge in [0.05, 0.1) is 17.2 Å². The molecule has 6 nitrogen and oxygen atoms in total. The van der Waals surface area contributed by atoms with E-state index in [-0.39, 0.29) is 30.1 Å². The van der Waals surface area contributed by atoms with Gasteiger partial charge in [-0.15, -0.1) is 11.8 Å². The van der Waals surface area contributed by atoms with Crippen LogP contribution >= 0.6 is 11.8 Å². The number of anilines is 2. The second kappa shape index (κ2) is 9.42. The standard InChI is InChI=1S/C21H20F3N3O3S/c1-31-15-8-6-14(7-9-15)27-11-13(10-18(27)28)19(29)26-17-5-3-2-4-16(17)20(30)25-12-21(22,23)24/h2-9,13H,10-12H2,1H3,(H,25,30)(H,26,29). The summed E-state index contributed by atoms with van der Waals surface area (Å²) in [5, 5.41) is 4.37. The van der Waals surface area contributed by atoms with E-state index in [9.17, 15) is 27.6 Å². The van der Waals surface area contributed by atoms with E-state index in [0.717, 1.165) is 4.90 Å². The molecule has 3 rings (SSSR count). The lowest BCUT2D eigenvalue weighted by Crippen LogP contribution is -2.34. The van der Waals surface area contributed by atoms with Crippen molar-refractivity contribution >= 4 is 40.9 Å². The summed E-state index contributed by atoms with van der Waals surface area (Å²) in [5.41, 5.74) is 0.682. The molecule has 1 fully saturated rings. The maximum atomic E-state index is 12.7. The lowest BCUT2D eigenvalue weighted by molar-refractivity contribution is -0.123. The summed E-state index contributed by atoms with van der Waals surface area (Å²) in [5.74, 6) is -2.29. The lowest BCUT2D eigenvalue weighted by Gasteiger charge is -2.17. The fourth-order valence-electron chi connectivity index (χ4n) is 3.20. The van der Waals surface area contributed by atoms with Crippen LogP contribution in [0, 0.1) is 5.92 Å². The zero-order valence-corrected chi connectivity index (χ0v) is 17.3. The number of para-hydroxylation sites is 1. The number of halogens is 3. The maximum absolute atomic E-state index is 12.7. The monoisotopic (exact) mass is 451 g/mol. The summed E-state index contributed by atoms with van der Waals surface area (Å²) in [7, 11) is 0. The van der Waals surface area contributed by atoms with Crippen molar-refractivity contribution in [3.63, 3.8) is 0 Å². The molecule has 164 valence electrons. The predicted octanol–water partition coefficient (Wildman–Crippen LogP) is 3.69. The molecule has 2 N–H and O–H groups in total. The molecular weight excluding hydrogens is 431 g/mol. The molecule has 1 aliphatic rings. The Balaban J connectivity index is 1.68. The zero-order valence-electron chi connectivity index (χ0n) is 16.5. The number of benzene rings is 2. The predicted molar refractivity (Wildman–Crippen MR) is 112 cm³/mol. The van der Waals surface area contributed by atoms with Gasteiger partial charge in [-0.2, -0.15) is 13.2 Å². The Bertz CT molecular complexity index is 980. The smallest absolute Gasteiger partial charge is 0.343 e. The van der Waals surface area contributed by atoms with Gasteiger partial charge in [-0.25, -0.2) is 0 Å². The third-order valence-electron chi connectivity index (χ3n) is 4.76. The van der Waals surface area contributed by atoms with Gasteiger partial charge in [0, 0.05) is 23.5 Å². The largest absolute Gasteiger partial charge is 0.405 e. The molecule has 0 spiro atoms. The third kappa shape index (κ3) is 5.78. The highest BCUT2D eigenvalue weighted by Crippen LogP contribution is 2.28. The van der Waals surface area contributed by atoms with E-state index in [4.69, 9.17) is 0 Å². The highest BCUT2D eigenvalue weighted by Gasteiger charge is 2.35. The highest BCUT2D eigenvalue weighted by molar-refractivity contribution is 7.98. The van der Waals surface area contributed by atoms with E-state index < -0.39 is 30.5 Å². The Morgan fingerprint density at radius 3 is 2.45 bits per heavy atom. The number of carbonyl (C=O) groups is 3. The van der Waals surface area contributed by atoms with Gasteiger partial charge < -0.3 is 15.5 Å². The van der Waals surface area contributed by atoms with Gasteiger partial charge >= 0.3 is 6.18 Å². The van der Waals surface area contributed by atoms with Gasteiger partial charge in [0.25, 0.3) is 5.91 Å². The molecule has 1 saturated heterocycles. The van der Waals surface area contributed by atoms with Gasteiger partial charge in [0.2, 0.25) is 11.8 Å². The van der Waals surface area contributed by atoms with Crippen LogP contribution in [0.25, 0.3) is 0 Å². The SMILES string of the molecule is CSc1ccc(N2CC(C(=O)Nc3ccccc3C(=O)NCC(F)(F)F)CC2=O)cc1. The molecule has 2 aromatic carbocycles. The van der Waals surface area contributed by atoms with Crippen LogP contribution < -0.4 is 15.5 Å². The number of carbonyl (C=O) groups excluding carboxylic acids is 3. The van der Waals surface area contributed by atoms with Gasteiger partial charge in [0.15, 0.2) is 0 Å². The molecule has 10 heteroatoms. The molecule has 31 heavy (non-hydrogen) atoms. The van der Waals surface area contributed by atoms with Crippen molar-refractivity contribution in [2.75, 3.05) is 29.6 Å². The molecule has 0 aromatic heterocycles. The van der Waals surface area contributed by atoms with Gasteiger partial charge in [-0.3, -0.25) is 14.4 Å². The van der Waals surface area contributed by atoms with Crippen molar-refractivity contribution in [2.45, 2.75) is 17.5 Å². The number of alkyl halides is 3. The van der Waals surface area contributed by atoms with E-state index >= 15 is 0 Å². The number of hydrogen-bond donors (Lipinski definition) is 2. The Hall–Kier alpha value is -3.01. The molecular formula is C21H20F3N3O3S. The van der Waals surface area contributed by atoms with Gasteiger partial charge in [-0.05, 0) is 42.7 Å². The quantitative estimate of drug-likeness (QED) is 0.657. The highest BCUT2D eigenvalue weighted by atomic mass is 32.2. The summed E-state index contributed by atoms with van der Waals surface area (Å²) in [6.45, 7) is -1.30. The first-order chi connectivity index (χ1) is 14.7. The van der Waals surface area contributed by atoms with Crippen LogP contribution in [-0.4, -0.2) is 43.2 Å². The summed E-state index contributed by atoms with van der Waals surface area (Å²) in [6, 6.07) is 13.2. The molecule has 2 aromatic rings. The van der Waals surface area contributed by atoms with Crippen molar-refractivity contribution in [3.8, 4) is 0 Å². The van der Waals surface area contributed by atoms with E-state index in [1.54, 1.807) is 23.1 Å². The Morgan fingerprint density at radius 2 is 1.81 bits per heavy atom. The molecule has 0 saturated carbocycles. The number of hydrogen-bond acceptors (Lipinski definition) is 4. The van der Waals surface area contributed by atoms with Crippen molar-refractivity contribution in [2.24, 2.45) is 5.92 Å². The van der Waals surface area contributed by atoms with Gasteiger partial charge in [0.1, 0.15) is 6.54 Å². The summed E-state index contributed by atoms with van der Waals surface area (Å²) in [4.78, 5) is 39.8. The van der Waals surface area contributed by atoms with E-state index in [2.05, 4.69) is 5.32 Å². The first-order valence-corrected chi connectivity index (χ1v) is 10.6. The van der Waals surface area contributed by atoms with E-state index in [1.165, 1.54) is 23.1 Å². The van der Waals surface area contributed by atoms with Crippen LogP contribution in [-0.2, 0) is 9.59 Å². The number of rotatable bonds is 6. The number of amides is 3. The Morgan fingerprint density at radius 1 is 1.13 bits per heavy atom. The van der Waals surface area contributed by atoms with E-state index in [1.807, 2.05) is 30.5 Å². The molecule has 3 amide bonds. The van der Waals surface area contributed by atoms with Crippen LogP contribution in [0.2, 0.25) is 0 Å². The summed E-state index contributed by atoms with van der Waals surface area (Å²) < 4.78 is 37.1. The minimum atomic E-state index is -4.55. The molecule has 1 aliphatic heterocycles. The normalized spacial score (nSPS) is 16.3. The topological polar surface area (TPSA) is 78.5 Å². The first-order valence-electron chi connectivity index (χ1n) is 9.37. The van der Waals surface area contributed by atoms with Gasteiger partial charge in [-0.1, -0.05) is 12.1 Å². The van der Waals surface area contributed by atoms with Crippen molar-refractivity contribution in [3.05, 3.63) is 54.1 Å². The first kappa shape index (κ1) is 22.7. The maximum Gasteiger partial charge on any atom is 0.405 e. The van der Waals surface area contributed by atoms with E-state index in [0.29, 0.717) is 5.69 Å². The average Bonchev–Trinajstić information content (AvgIpc) is 3.13. The summed E-state index contributed by atoms with van der Waals surface area (Å²) >= 11 is 1.57. The van der Waals surface area contributed by atoms with Crippen molar-refractivity contribution in [1.29, 1.82) is 0 Å². The van der Waals surface area contributed by atoms with Crippen LogP contribution in [0.3, 0.4) is 0 Å². The molecule has 1 heterocycles.